The van der Waals surface area contributed by atoms with E-state index in [2.05, 4.69) is 39.8 Å². The average Bonchev–Trinajstić information content (AvgIpc) is 3.19. The third-order valence-corrected chi connectivity index (χ3v) is 9.80. The van der Waals surface area contributed by atoms with Crippen molar-refractivity contribution in [3.63, 3.8) is 0 Å². The summed E-state index contributed by atoms with van der Waals surface area (Å²) in [6, 6.07) is 0.445. The maximum absolute atomic E-state index is 10.9. The van der Waals surface area contributed by atoms with Crippen molar-refractivity contribution in [2.75, 3.05) is 34.9 Å². The van der Waals surface area contributed by atoms with Gasteiger partial charge in [-0.15, -0.1) is 0 Å². The van der Waals surface area contributed by atoms with Crippen LogP contribution in [0.3, 0.4) is 0 Å². The Labute approximate surface area is 334 Å². The molecule has 2 rings (SSSR count). The fourth-order valence-corrected chi connectivity index (χ4v) is 6.18. The highest BCUT2D eigenvalue weighted by Crippen LogP contribution is 2.28. The summed E-state index contributed by atoms with van der Waals surface area (Å²) in [6.45, 7) is 30.6. The van der Waals surface area contributed by atoms with Crippen LogP contribution in [0.4, 0.5) is 0 Å². The van der Waals surface area contributed by atoms with E-state index in [4.69, 9.17) is 24.1 Å². The molecule has 2 saturated heterocycles. The molecule has 10 unspecified atom stereocenters. The van der Waals surface area contributed by atoms with E-state index in [1.165, 1.54) is 0 Å². The Morgan fingerprint density at radius 1 is 0.852 bits per heavy atom. The number of aldehydes is 1. The lowest BCUT2D eigenvalue weighted by molar-refractivity contribution is -0.234. The number of ether oxygens (including phenoxy) is 4. The Morgan fingerprint density at radius 3 is 1.76 bits per heavy atom. The van der Waals surface area contributed by atoms with Gasteiger partial charge in [0.15, 0.2) is 6.29 Å². The summed E-state index contributed by atoms with van der Waals surface area (Å²) in [5.41, 5.74) is 0. The van der Waals surface area contributed by atoms with Crippen molar-refractivity contribution in [2.24, 2.45) is 23.7 Å². The molecule has 0 aliphatic carbocycles. The third-order valence-electron chi connectivity index (χ3n) is 9.80. The smallest absolute Gasteiger partial charge is 0.159 e. The number of nitrogens with zero attached hydrogens (tertiary/aromatic N) is 1. The maximum atomic E-state index is 10.9. The Kier molecular flexibility index (Phi) is 46.8. The summed E-state index contributed by atoms with van der Waals surface area (Å²) in [5.74, 6) is 0.0510. The SMILES string of the molecule is CC.CC.CC.CC1CCOC(C)[C@@H]1O.CCCC(O)[C@H](C)C[C@@H](O)C(CC)OC.CC[C@H](OC1CC(N(C)C)CC(C)O1)C(C)C(O)C(C)C=O.CO. The van der Waals surface area contributed by atoms with E-state index >= 15 is 0 Å². The van der Waals surface area contributed by atoms with Gasteiger partial charge in [-0.05, 0) is 78.3 Å². The second kappa shape index (κ2) is 40.5. The quantitative estimate of drug-likeness (QED) is 0.0987. The molecular formula is C43H95NO10. The summed E-state index contributed by atoms with van der Waals surface area (Å²) in [7, 11) is 6.77. The molecule has 332 valence electrons. The van der Waals surface area contributed by atoms with Crippen molar-refractivity contribution in [3.8, 4) is 0 Å². The van der Waals surface area contributed by atoms with Gasteiger partial charge in [-0.1, -0.05) is 96.4 Å². The molecule has 0 radical (unpaired) electrons. The zero-order valence-corrected chi connectivity index (χ0v) is 38.7. The Hall–Kier alpha value is -0.730. The van der Waals surface area contributed by atoms with Crippen molar-refractivity contribution in [1.29, 1.82) is 0 Å². The predicted octanol–water partition coefficient (Wildman–Crippen LogP) is 7.51. The minimum absolute atomic E-state index is 0.0359. The van der Waals surface area contributed by atoms with E-state index in [1.54, 1.807) is 14.0 Å². The van der Waals surface area contributed by atoms with Gasteiger partial charge in [-0.2, -0.15) is 0 Å². The number of hydrogen-bond donors (Lipinski definition) is 5. The molecule has 2 fully saturated rings. The first-order valence-electron chi connectivity index (χ1n) is 21.3. The van der Waals surface area contributed by atoms with Crippen LogP contribution in [-0.2, 0) is 23.7 Å². The first kappa shape index (κ1) is 62.5. The number of aliphatic hydroxyl groups excluding tert-OH is 5. The van der Waals surface area contributed by atoms with Crippen molar-refractivity contribution in [2.45, 2.75) is 216 Å². The van der Waals surface area contributed by atoms with Crippen LogP contribution in [0.5, 0.6) is 0 Å². The molecule has 5 N–H and O–H groups in total. The first-order valence-corrected chi connectivity index (χ1v) is 21.3. The van der Waals surface area contributed by atoms with Gasteiger partial charge in [0.2, 0.25) is 0 Å². The fraction of sp³-hybridized carbons (Fsp3) is 0.977. The van der Waals surface area contributed by atoms with Crippen LogP contribution in [0.15, 0.2) is 0 Å². The van der Waals surface area contributed by atoms with E-state index in [9.17, 15) is 25.2 Å². The minimum Gasteiger partial charge on any atom is -0.400 e. The van der Waals surface area contributed by atoms with Crippen LogP contribution in [0.25, 0.3) is 0 Å². The second-order valence-electron chi connectivity index (χ2n) is 14.0. The van der Waals surface area contributed by atoms with E-state index in [-0.39, 0.29) is 60.7 Å². The van der Waals surface area contributed by atoms with Gasteiger partial charge in [0.1, 0.15) is 6.29 Å². The maximum Gasteiger partial charge on any atom is 0.159 e. The van der Waals surface area contributed by atoms with Gasteiger partial charge in [0.05, 0.1) is 48.8 Å². The molecule has 0 aromatic heterocycles. The largest absolute Gasteiger partial charge is 0.400 e. The highest BCUT2D eigenvalue weighted by Gasteiger charge is 2.34. The molecule has 0 bridgehead atoms. The summed E-state index contributed by atoms with van der Waals surface area (Å²) < 4.78 is 22.4. The lowest BCUT2D eigenvalue weighted by Crippen LogP contribution is -2.45. The van der Waals surface area contributed by atoms with Crippen LogP contribution < -0.4 is 0 Å². The van der Waals surface area contributed by atoms with Gasteiger partial charge < -0.3 is 54.2 Å². The van der Waals surface area contributed by atoms with Gasteiger partial charge in [0, 0.05) is 45.1 Å². The third kappa shape index (κ3) is 27.8. The van der Waals surface area contributed by atoms with Crippen LogP contribution in [0, 0.1) is 23.7 Å². The summed E-state index contributed by atoms with van der Waals surface area (Å²) >= 11 is 0. The second-order valence-corrected chi connectivity index (χ2v) is 14.0. The predicted molar refractivity (Wildman–Crippen MR) is 226 cm³/mol. The summed E-state index contributed by atoms with van der Waals surface area (Å²) in [5, 5.41) is 46.2. The van der Waals surface area contributed by atoms with Crippen molar-refractivity contribution < 1.29 is 49.3 Å². The van der Waals surface area contributed by atoms with E-state index in [0.29, 0.717) is 18.4 Å². The topological polar surface area (TPSA) is 158 Å². The molecular weight excluding hydrogens is 690 g/mol. The molecule has 2 heterocycles. The molecule has 0 aromatic rings. The molecule has 11 nitrogen and oxygen atoms in total. The molecule has 2 aliphatic heterocycles. The monoisotopic (exact) mass is 786 g/mol. The lowest BCUT2D eigenvalue weighted by Gasteiger charge is -2.39. The Bertz CT molecular complexity index is 750. The van der Waals surface area contributed by atoms with E-state index in [1.807, 2.05) is 76.2 Å². The number of aliphatic hydroxyl groups is 5. The zero-order chi connectivity index (χ0) is 43.6. The number of hydrogen-bond acceptors (Lipinski definition) is 11. The first-order chi connectivity index (χ1) is 25.6. The number of carbonyl (C=O) groups is 1. The number of carbonyl (C=O) groups excluding carboxylic acids is 1. The van der Waals surface area contributed by atoms with Gasteiger partial charge >= 0.3 is 0 Å². The molecule has 54 heavy (non-hydrogen) atoms. The van der Waals surface area contributed by atoms with Crippen LogP contribution in [0.2, 0.25) is 0 Å². The summed E-state index contributed by atoms with van der Waals surface area (Å²) in [4.78, 5) is 13.1. The van der Waals surface area contributed by atoms with Gasteiger partial charge in [0.25, 0.3) is 0 Å². The van der Waals surface area contributed by atoms with Gasteiger partial charge in [-0.25, -0.2) is 0 Å². The van der Waals surface area contributed by atoms with Crippen LogP contribution in [-0.4, -0.2) is 133 Å². The highest BCUT2D eigenvalue weighted by molar-refractivity contribution is 5.53. The van der Waals surface area contributed by atoms with Crippen LogP contribution >= 0.6 is 0 Å². The Balaban J connectivity index is -0.000000216. The van der Waals surface area contributed by atoms with E-state index < -0.39 is 12.2 Å². The Morgan fingerprint density at radius 2 is 1.37 bits per heavy atom. The molecule has 11 heteroatoms. The number of methoxy groups -OCH3 is 1. The van der Waals surface area contributed by atoms with Crippen molar-refractivity contribution in [3.05, 3.63) is 0 Å². The van der Waals surface area contributed by atoms with E-state index in [0.717, 1.165) is 64.9 Å². The summed E-state index contributed by atoms with van der Waals surface area (Å²) in [6.07, 6.45) is 5.61. The molecule has 0 aromatic carbocycles. The minimum atomic E-state index is -0.687. The van der Waals surface area contributed by atoms with Crippen molar-refractivity contribution in [1.82, 2.24) is 4.90 Å². The highest BCUT2D eigenvalue weighted by atomic mass is 16.7. The number of rotatable bonds is 16. The normalized spacial score (nSPS) is 26.2. The zero-order valence-electron chi connectivity index (χ0n) is 38.7. The average molecular weight is 786 g/mol. The molecule has 0 saturated carbocycles. The lowest BCUT2D eigenvalue weighted by atomic mass is 9.89. The van der Waals surface area contributed by atoms with Gasteiger partial charge in [-0.3, -0.25) is 0 Å². The molecule has 0 amide bonds. The molecule has 0 spiro atoms. The molecule has 14 atom stereocenters. The molecule has 2 aliphatic rings. The standard InChI is InChI=1S/C17H33NO4.C12H26O3.C7H14O2.3C2H6.CH4O/c1-7-15(13(4)17(20)11(2)10-19)22-16-9-14(18(5)6)8-12(3)21-16;1-5-7-10(13)9(3)8-11(14)12(6-2)15-4;1-5-3-4-9-6(2)7(5)8;4*1-2/h10-17,20H,7-9H2,1-6H3;9-14H,5-8H2,1-4H3;5-8H,3-4H2,1-2H3;3*1-2H3;2H,1H3/t11?,12?,13?,14?,15-,16?,17?;9-,10?,11-,12?;5?,6?,7-;;;;/m011..../s1. The fourth-order valence-electron chi connectivity index (χ4n) is 6.18. The van der Waals surface area contributed by atoms with Crippen molar-refractivity contribution >= 4 is 6.29 Å². The van der Waals surface area contributed by atoms with Crippen LogP contribution in [0.1, 0.15) is 155 Å².